The van der Waals surface area contributed by atoms with Crippen molar-refractivity contribution in [3.8, 4) is 5.75 Å². The molecule has 2 aromatic carbocycles. The van der Waals surface area contributed by atoms with Gasteiger partial charge in [0.1, 0.15) is 5.75 Å². The van der Waals surface area contributed by atoms with Gasteiger partial charge in [0.2, 0.25) is 0 Å². The summed E-state index contributed by atoms with van der Waals surface area (Å²) < 4.78 is 5.47. The molecule has 0 radical (unpaired) electrons. The molecule has 0 spiro atoms. The minimum atomic E-state index is -0.208. The smallest absolute Gasteiger partial charge is 0.261 e. The van der Waals surface area contributed by atoms with E-state index in [0.29, 0.717) is 17.7 Å². The van der Waals surface area contributed by atoms with Gasteiger partial charge in [0, 0.05) is 39.3 Å². The summed E-state index contributed by atoms with van der Waals surface area (Å²) in [6.07, 6.45) is 3.95. The predicted molar refractivity (Wildman–Crippen MR) is 113 cm³/mol. The van der Waals surface area contributed by atoms with Crippen molar-refractivity contribution < 1.29 is 14.3 Å². The third-order valence-corrected chi connectivity index (χ3v) is 5.49. The van der Waals surface area contributed by atoms with Gasteiger partial charge in [-0.15, -0.1) is 0 Å². The highest BCUT2D eigenvalue weighted by Gasteiger charge is 2.34. The lowest BCUT2D eigenvalue weighted by Crippen LogP contribution is -2.46. The maximum absolute atomic E-state index is 12.4. The van der Waals surface area contributed by atoms with Crippen LogP contribution in [0, 0.1) is 0 Å². The van der Waals surface area contributed by atoms with Gasteiger partial charge in [-0.25, -0.2) is 0 Å². The third kappa shape index (κ3) is 3.89. The second-order valence-corrected chi connectivity index (χ2v) is 7.20. The van der Waals surface area contributed by atoms with E-state index in [0.717, 1.165) is 44.2 Å². The summed E-state index contributed by atoms with van der Waals surface area (Å²) in [4.78, 5) is 30.8. The van der Waals surface area contributed by atoms with Crippen LogP contribution in [0.25, 0.3) is 0 Å². The fourth-order valence-corrected chi connectivity index (χ4v) is 3.87. The highest BCUT2D eigenvalue weighted by Crippen LogP contribution is 2.28. The number of methoxy groups -OCH3 is 1. The number of benzene rings is 2. The molecule has 2 aliphatic rings. The molecule has 2 aliphatic heterocycles. The molecule has 0 saturated carbocycles. The number of fused-ring (bicyclic) bond motifs is 1. The standard InChI is InChI=1S/C23H25N3O3/c1-29-21-11-5-4-10-20(21)25-16-14-24(15-17-25)12-6-7-13-26-22(27)18-8-2-3-9-19(18)23(26)28/h2-11H,12-17H2,1H3/b7-6+. The zero-order valence-corrected chi connectivity index (χ0v) is 16.6. The van der Waals surface area contributed by atoms with Crippen molar-refractivity contribution in [1.82, 2.24) is 9.80 Å². The first kappa shape index (κ1) is 19.2. The van der Waals surface area contributed by atoms with Crippen molar-refractivity contribution in [2.24, 2.45) is 0 Å². The average Bonchev–Trinajstić information content (AvgIpc) is 3.02. The second kappa shape index (κ2) is 8.49. The summed E-state index contributed by atoms with van der Waals surface area (Å²) >= 11 is 0. The minimum absolute atomic E-state index is 0.208. The molecule has 4 rings (SSSR count). The lowest BCUT2D eigenvalue weighted by atomic mass is 10.1. The van der Waals surface area contributed by atoms with Crippen molar-refractivity contribution in [2.75, 3.05) is 51.3 Å². The molecular weight excluding hydrogens is 366 g/mol. The van der Waals surface area contributed by atoms with Crippen molar-refractivity contribution in [3.05, 3.63) is 71.8 Å². The quantitative estimate of drug-likeness (QED) is 0.560. The van der Waals surface area contributed by atoms with Crippen molar-refractivity contribution >= 4 is 17.5 Å². The fourth-order valence-electron chi connectivity index (χ4n) is 3.87. The van der Waals surface area contributed by atoms with Gasteiger partial charge in [-0.05, 0) is 24.3 Å². The second-order valence-electron chi connectivity index (χ2n) is 7.20. The van der Waals surface area contributed by atoms with E-state index in [9.17, 15) is 9.59 Å². The van der Waals surface area contributed by atoms with Crippen molar-refractivity contribution in [2.45, 2.75) is 0 Å². The third-order valence-electron chi connectivity index (χ3n) is 5.49. The Bertz CT molecular complexity index is 897. The van der Waals surface area contributed by atoms with E-state index in [1.54, 1.807) is 31.4 Å². The number of hydrogen-bond donors (Lipinski definition) is 0. The molecule has 0 unspecified atom stereocenters. The number of imide groups is 1. The number of carbonyl (C=O) groups excluding carboxylic acids is 2. The maximum atomic E-state index is 12.4. The first-order valence-electron chi connectivity index (χ1n) is 9.89. The Labute approximate surface area is 171 Å². The van der Waals surface area contributed by atoms with Crippen molar-refractivity contribution in [3.63, 3.8) is 0 Å². The number of para-hydroxylation sites is 2. The van der Waals surface area contributed by atoms with E-state index in [2.05, 4.69) is 15.9 Å². The van der Waals surface area contributed by atoms with Crippen LogP contribution in [0.5, 0.6) is 5.75 Å². The number of anilines is 1. The van der Waals surface area contributed by atoms with Crippen LogP contribution in [0.2, 0.25) is 0 Å². The molecule has 1 saturated heterocycles. The zero-order valence-electron chi connectivity index (χ0n) is 16.6. The maximum Gasteiger partial charge on any atom is 0.261 e. The highest BCUT2D eigenvalue weighted by molar-refractivity contribution is 6.21. The zero-order chi connectivity index (χ0) is 20.2. The lowest BCUT2D eigenvalue weighted by Gasteiger charge is -2.36. The van der Waals surface area contributed by atoms with Crippen LogP contribution in [-0.2, 0) is 0 Å². The first-order chi connectivity index (χ1) is 14.2. The number of amides is 2. The number of piperazine rings is 1. The molecule has 1 fully saturated rings. The summed E-state index contributed by atoms with van der Waals surface area (Å²) in [6, 6.07) is 15.1. The van der Waals surface area contributed by atoms with Crippen molar-refractivity contribution in [1.29, 1.82) is 0 Å². The Kier molecular flexibility index (Phi) is 5.62. The topological polar surface area (TPSA) is 53.1 Å². The molecule has 0 aliphatic carbocycles. The Morgan fingerprint density at radius 1 is 0.828 bits per heavy atom. The molecule has 6 heteroatoms. The number of rotatable bonds is 6. The van der Waals surface area contributed by atoms with Gasteiger partial charge in [0.15, 0.2) is 0 Å². The van der Waals surface area contributed by atoms with Gasteiger partial charge < -0.3 is 9.64 Å². The number of hydrogen-bond acceptors (Lipinski definition) is 5. The largest absolute Gasteiger partial charge is 0.495 e. The van der Waals surface area contributed by atoms with Crippen LogP contribution in [0.3, 0.4) is 0 Å². The molecule has 2 amide bonds. The molecule has 0 N–H and O–H groups in total. The normalized spacial score (nSPS) is 17.3. The molecule has 150 valence electrons. The van der Waals surface area contributed by atoms with Gasteiger partial charge in [-0.3, -0.25) is 19.4 Å². The molecule has 2 aromatic rings. The van der Waals surface area contributed by atoms with Crippen LogP contribution in [0.4, 0.5) is 5.69 Å². The summed E-state index contributed by atoms with van der Waals surface area (Å²) in [5.74, 6) is 0.489. The number of nitrogens with zero attached hydrogens (tertiary/aromatic N) is 3. The van der Waals surface area contributed by atoms with Crippen LogP contribution in [0.15, 0.2) is 60.7 Å². The first-order valence-corrected chi connectivity index (χ1v) is 9.89. The molecule has 0 atom stereocenters. The van der Waals surface area contributed by atoms with Gasteiger partial charge in [-0.2, -0.15) is 0 Å². The van der Waals surface area contributed by atoms with E-state index < -0.39 is 0 Å². The molecule has 2 heterocycles. The Morgan fingerprint density at radius 2 is 1.41 bits per heavy atom. The Hall–Kier alpha value is -3.12. The van der Waals surface area contributed by atoms with E-state index >= 15 is 0 Å². The van der Waals surface area contributed by atoms with Crippen LogP contribution in [0.1, 0.15) is 20.7 Å². The van der Waals surface area contributed by atoms with Gasteiger partial charge in [0.25, 0.3) is 11.8 Å². The van der Waals surface area contributed by atoms with Crippen LogP contribution in [-0.4, -0.2) is 68.0 Å². The molecular formula is C23H25N3O3. The van der Waals surface area contributed by atoms with E-state index in [1.165, 1.54) is 4.90 Å². The molecule has 0 bridgehead atoms. The van der Waals surface area contributed by atoms with E-state index in [4.69, 9.17) is 4.74 Å². The minimum Gasteiger partial charge on any atom is -0.495 e. The average molecular weight is 391 g/mol. The van der Waals surface area contributed by atoms with Gasteiger partial charge >= 0.3 is 0 Å². The SMILES string of the molecule is COc1ccccc1N1CCN(C/C=C/CN2C(=O)c3ccccc3C2=O)CC1. The lowest BCUT2D eigenvalue weighted by molar-refractivity contribution is 0.0672. The van der Waals surface area contributed by atoms with Gasteiger partial charge in [-0.1, -0.05) is 36.4 Å². The fraction of sp³-hybridized carbons (Fsp3) is 0.304. The highest BCUT2D eigenvalue weighted by atomic mass is 16.5. The van der Waals surface area contributed by atoms with E-state index in [-0.39, 0.29) is 11.8 Å². The Balaban J connectivity index is 1.27. The predicted octanol–water partition coefficient (Wildman–Crippen LogP) is 2.67. The number of ether oxygens (including phenoxy) is 1. The van der Waals surface area contributed by atoms with Crippen LogP contribution < -0.4 is 9.64 Å². The van der Waals surface area contributed by atoms with Gasteiger partial charge in [0.05, 0.1) is 23.9 Å². The molecule has 6 nitrogen and oxygen atoms in total. The summed E-state index contributed by atoms with van der Waals surface area (Å²) in [7, 11) is 1.70. The Morgan fingerprint density at radius 3 is 2.07 bits per heavy atom. The molecule has 29 heavy (non-hydrogen) atoms. The number of carbonyl (C=O) groups is 2. The van der Waals surface area contributed by atoms with Crippen LogP contribution >= 0.6 is 0 Å². The van der Waals surface area contributed by atoms with E-state index in [1.807, 2.05) is 30.4 Å². The summed E-state index contributed by atoms with van der Waals surface area (Å²) in [5.41, 5.74) is 2.13. The summed E-state index contributed by atoms with van der Waals surface area (Å²) in [6.45, 7) is 4.90. The summed E-state index contributed by atoms with van der Waals surface area (Å²) in [5, 5.41) is 0. The monoisotopic (exact) mass is 391 g/mol. The molecule has 0 aromatic heterocycles.